The van der Waals surface area contributed by atoms with Gasteiger partial charge in [-0.2, -0.15) is 4.31 Å². The van der Waals surface area contributed by atoms with Crippen LogP contribution in [0.2, 0.25) is 0 Å². The lowest BCUT2D eigenvalue weighted by Gasteiger charge is -2.21. The van der Waals surface area contributed by atoms with Crippen LogP contribution >= 0.6 is 11.6 Å². The van der Waals surface area contributed by atoms with E-state index in [2.05, 4.69) is 0 Å². The van der Waals surface area contributed by atoms with E-state index in [0.717, 1.165) is 24.0 Å². The third kappa shape index (κ3) is 2.71. The van der Waals surface area contributed by atoms with E-state index < -0.39 is 10.0 Å². The molecular weight excluding hydrogens is 270 g/mol. The van der Waals surface area contributed by atoms with Crippen LogP contribution in [0.5, 0.6) is 0 Å². The monoisotopic (exact) mass is 287 g/mol. The minimum absolute atomic E-state index is 0.148. The zero-order valence-electron chi connectivity index (χ0n) is 10.7. The molecule has 0 saturated heterocycles. The molecule has 0 aromatic heterocycles. The number of sulfonamides is 1. The number of hydrogen-bond acceptors (Lipinski definition) is 2. The van der Waals surface area contributed by atoms with Crippen molar-refractivity contribution in [3.8, 4) is 0 Å². The van der Waals surface area contributed by atoms with E-state index in [1.807, 2.05) is 19.9 Å². The summed E-state index contributed by atoms with van der Waals surface area (Å²) in [5.74, 6) is 0.334. The Hall–Kier alpha value is -0.580. The lowest BCUT2D eigenvalue weighted by atomic mass is 10.1. The highest BCUT2D eigenvalue weighted by molar-refractivity contribution is 7.89. The summed E-state index contributed by atoms with van der Waals surface area (Å²) in [6.45, 7) is 4.29. The van der Waals surface area contributed by atoms with Crippen LogP contribution < -0.4 is 0 Å². The Balaban J connectivity index is 2.36. The molecule has 1 fully saturated rings. The van der Waals surface area contributed by atoms with Crippen LogP contribution in [-0.4, -0.2) is 31.2 Å². The molecule has 0 atom stereocenters. The predicted molar refractivity (Wildman–Crippen MR) is 73.5 cm³/mol. The topological polar surface area (TPSA) is 37.4 Å². The molecule has 0 aliphatic heterocycles. The van der Waals surface area contributed by atoms with Gasteiger partial charge in [-0.05, 0) is 49.9 Å². The van der Waals surface area contributed by atoms with Gasteiger partial charge >= 0.3 is 0 Å². The van der Waals surface area contributed by atoms with Crippen molar-refractivity contribution in [2.24, 2.45) is 0 Å². The summed E-state index contributed by atoms with van der Waals surface area (Å²) in [6, 6.07) is 5.43. The van der Waals surface area contributed by atoms with Crippen molar-refractivity contribution in [3.63, 3.8) is 0 Å². The highest BCUT2D eigenvalue weighted by atomic mass is 35.5. The van der Waals surface area contributed by atoms with Crippen LogP contribution in [-0.2, 0) is 10.0 Å². The average molecular weight is 288 g/mol. The van der Waals surface area contributed by atoms with Gasteiger partial charge in [0.15, 0.2) is 0 Å². The SMILES string of the molecule is Cc1ccc(S(=O)(=O)N(CCCl)C2CC2)cc1C. The maximum Gasteiger partial charge on any atom is 0.243 e. The summed E-state index contributed by atoms with van der Waals surface area (Å²) in [7, 11) is -3.39. The molecule has 1 aliphatic rings. The lowest BCUT2D eigenvalue weighted by Crippen LogP contribution is -2.34. The minimum Gasteiger partial charge on any atom is -0.207 e. The summed E-state index contributed by atoms with van der Waals surface area (Å²) in [6.07, 6.45) is 1.89. The van der Waals surface area contributed by atoms with Crippen molar-refractivity contribution in [1.82, 2.24) is 4.31 Å². The Labute approximate surface area is 114 Å². The second-order valence-corrected chi connectivity index (χ2v) is 7.05. The van der Waals surface area contributed by atoms with E-state index in [1.165, 1.54) is 0 Å². The fraction of sp³-hybridized carbons (Fsp3) is 0.538. The first kappa shape index (κ1) is 13.8. The van der Waals surface area contributed by atoms with E-state index in [9.17, 15) is 8.42 Å². The molecule has 0 spiro atoms. The number of halogens is 1. The van der Waals surface area contributed by atoms with Crippen molar-refractivity contribution in [2.75, 3.05) is 12.4 Å². The predicted octanol–water partition coefficient (Wildman–Crippen LogP) is 2.70. The van der Waals surface area contributed by atoms with Gasteiger partial charge in [-0.1, -0.05) is 6.07 Å². The maximum absolute atomic E-state index is 12.5. The van der Waals surface area contributed by atoms with E-state index in [1.54, 1.807) is 16.4 Å². The molecule has 0 heterocycles. The Bertz CT molecular complexity index is 538. The van der Waals surface area contributed by atoms with Gasteiger partial charge in [0.2, 0.25) is 10.0 Å². The second-order valence-electron chi connectivity index (χ2n) is 4.78. The Morgan fingerprint density at radius 2 is 1.94 bits per heavy atom. The summed E-state index contributed by atoms with van der Waals surface area (Å²) in [5.41, 5.74) is 2.10. The highest BCUT2D eigenvalue weighted by Crippen LogP contribution is 2.32. The molecule has 0 unspecified atom stereocenters. The van der Waals surface area contributed by atoms with Gasteiger partial charge in [-0.15, -0.1) is 11.6 Å². The Kier molecular flexibility index (Phi) is 3.99. The molecule has 1 aromatic carbocycles. The molecule has 3 nitrogen and oxygen atoms in total. The van der Waals surface area contributed by atoms with Crippen molar-refractivity contribution < 1.29 is 8.42 Å². The molecule has 0 amide bonds. The summed E-state index contributed by atoms with van der Waals surface area (Å²) in [5, 5.41) is 0. The number of hydrogen-bond donors (Lipinski definition) is 0. The second kappa shape index (κ2) is 5.19. The quantitative estimate of drug-likeness (QED) is 0.781. The van der Waals surface area contributed by atoms with Crippen LogP contribution in [0.3, 0.4) is 0 Å². The normalized spacial score (nSPS) is 16.2. The van der Waals surface area contributed by atoms with Gasteiger partial charge in [0.25, 0.3) is 0 Å². The molecule has 100 valence electrons. The van der Waals surface area contributed by atoms with Gasteiger partial charge in [0.05, 0.1) is 4.90 Å². The van der Waals surface area contributed by atoms with Crippen LogP contribution in [0, 0.1) is 13.8 Å². The number of aryl methyl sites for hydroxylation is 2. The first-order chi connectivity index (χ1) is 8.46. The van der Waals surface area contributed by atoms with E-state index >= 15 is 0 Å². The largest absolute Gasteiger partial charge is 0.243 e. The smallest absolute Gasteiger partial charge is 0.207 e. The molecule has 0 radical (unpaired) electrons. The van der Waals surface area contributed by atoms with Gasteiger partial charge in [0, 0.05) is 18.5 Å². The van der Waals surface area contributed by atoms with Crippen LogP contribution in [0.15, 0.2) is 23.1 Å². The fourth-order valence-corrected chi connectivity index (χ4v) is 4.01. The maximum atomic E-state index is 12.5. The average Bonchev–Trinajstić information content (AvgIpc) is 3.13. The highest BCUT2D eigenvalue weighted by Gasteiger charge is 2.37. The first-order valence-electron chi connectivity index (χ1n) is 6.12. The Morgan fingerprint density at radius 1 is 1.28 bits per heavy atom. The minimum atomic E-state index is -3.39. The number of alkyl halides is 1. The van der Waals surface area contributed by atoms with Crippen molar-refractivity contribution >= 4 is 21.6 Å². The molecule has 0 bridgehead atoms. The summed E-state index contributed by atoms with van der Waals surface area (Å²) < 4.78 is 26.6. The zero-order chi connectivity index (χ0) is 13.3. The van der Waals surface area contributed by atoms with Crippen LogP contribution in [0.1, 0.15) is 24.0 Å². The number of nitrogens with zero attached hydrogens (tertiary/aromatic N) is 1. The molecule has 18 heavy (non-hydrogen) atoms. The van der Waals surface area contributed by atoms with Gasteiger partial charge in [0.1, 0.15) is 0 Å². The molecular formula is C13H18ClNO2S. The van der Waals surface area contributed by atoms with Crippen molar-refractivity contribution in [2.45, 2.75) is 37.6 Å². The lowest BCUT2D eigenvalue weighted by molar-refractivity contribution is 0.422. The van der Waals surface area contributed by atoms with E-state index in [0.29, 0.717) is 17.3 Å². The van der Waals surface area contributed by atoms with Crippen LogP contribution in [0.25, 0.3) is 0 Å². The molecule has 0 N–H and O–H groups in total. The van der Waals surface area contributed by atoms with Gasteiger partial charge < -0.3 is 0 Å². The summed E-state index contributed by atoms with van der Waals surface area (Å²) >= 11 is 5.71. The third-order valence-corrected chi connectivity index (χ3v) is 5.46. The van der Waals surface area contributed by atoms with Gasteiger partial charge in [-0.3, -0.25) is 0 Å². The van der Waals surface area contributed by atoms with Crippen molar-refractivity contribution in [3.05, 3.63) is 29.3 Å². The fourth-order valence-electron chi connectivity index (χ4n) is 1.95. The zero-order valence-corrected chi connectivity index (χ0v) is 12.3. The first-order valence-corrected chi connectivity index (χ1v) is 8.09. The van der Waals surface area contributed by atoms with E-state index in [-0.39, 0.29) is 6.04 Å². The molecule has 1 saturated carbocycles. The summed E-state index contributed by atoms with van der Waals surface area (Å²) in [4.78, 5) is 0.377. The molecule has 2 rings (SSSR count). The van der Waals surface area contributed by atoms with E-state index in [4.69, 9.17) is 11.6 Å². The molecule has 5 heteroatoms. The standard InChI is InChI=1S/C13H18ClNO2S/c1-10-3-6-13(9-11(10)2)18(16,17)15(8-7-14)12-4-5-12/h3,6,9,12H,4-5,7-8H2,1-2H3. The van der Waals surface area contributed by atoms with Crippen molar-refractivity contribution in [1.29, 1.82) is 0 Å². The third-order valence-electron chi connectivity index (χ3n) is 3.34. The number of benzene rings is 1. The molecule has 1 aromatic rings. The Morgan fingerprint density at radius 3 is 2.44 bits per heavy atom. The van der Waals surface area contributed by atoms with Crippen LogP contribution in [0.4, 0.5) is 0 Å². The molecule has 1 aliphatic carbocycles. The van der Waals surface area contributed by atoms with Gasteiger partial charge in [-0.25, -0.2) is 8.42 Å². The number of rotatable bonds is 5.